The zero-order valence-electron chi connectivity index (χ0n) is 12.0. The van der Waals surface area contributed by atoms with Crippen molar-refractivity contribution >= 4 is 5.91 Å². The molecule has 6 heteroatoms. The zero-order chi connectivity index (χ0) is 15.3. The van der Waals surface area contributed by atoms with Gasteiger partial charge in [-0.1, -0.05) is 13.8 Å². The van der Waals surface area contributed by atoms with Crippen molar-refractivity contribution in [1.82, 2.24) is 4.90 Å². The number of amides is 1. The Kier molecular flexibility index (Phi) is 5.73. The van der Waals surface area contributed by atoms with Crippen LogP contribution in [0, 0.1) is 5.92 Å². The molecule has 0 aliphatic carbocycles. The summed E-state index contributed by atoms with van der Waals surface area (Å²) in [5, 5.41) is 0. The van der Waals surface area contributed by atoms with Crippen LogP contribution in [0.5, 0.6) is 11.5 Å². The number of hydrogen-bond donors (Lipinski definition) is 0. The van der Waals surface area contributed by atoms with Crippen LogP contribution in [0.1, 0.15) is 24.2 Å². The number of methoxy groups -OCH3 is 1. The SMILES string of the molecule is COc1cc(C(=O)N(C)CC(C)C)ccc1OC(F)F. The molecule has 0 aliphatic rings. The molecule has 4 nitrogen and oxygen atoms in total. The van der Waals surface area contributed by atoms with Crippen LogP contribution in [0.4, 0.5) is 8.78 Å². The van der Waals surface area contributed by atoms with Gasteiger partial charge in [-0.2, -0.15) is 8.78 Å². The van der Waals surface area contributed by atoms with E-state index in [9.17, 15) is 13.6 Å². The summed E-state index contributed by atoms with van der Waals surface area (Å²) in [5.74, 6) is 0.160. The first-order valence-corrected chi connectivity index (χ1v) is 6.23. The van der Waals surface area contributed by atoms with Gasteiger partial charge in [0.05, 0.1) is 7.11 Å². The first-order valence-electron chi connectivity index (χ1n) is 6.23. The zero-order valence-corrected chi connectivity index (χ0v) is 12.0. The summed E-state index contributed by atoms with van der Waals surface area (Å²) >= 11 is 0. The van der Waals surface area contributed by atoms with E-state index in [4.69, 9.17) is 4.74 Å². The van der Waals surface area contributed by atoms with Crippen LogP contribution in [0.25, 0.3) is 0 Å². The molecule has 0 unspecified atom stereocenters. The number of rotatable bonds is 6. The van der Waals surface area contributed by atoms with Gasteiger partial charge >= 0.3 is 6.61 Å². The van der Waals surface area contributed by atoms with Crippen molar-refractivity contribution in [3.63, 3.8) is 0 Å². The summed E-state index contributed by atoms with van der Waals surface area (Å²) in [6.45, 7) is 1.68. The second kappa shape index (κ2) is 7.07. The Hall–Kier alpha value is -1.85. The van der Waals surface area contributed by atoms with Crippen LogP contribution in [-0.4, -0.2) is 38.1 Å². The van der Waals surface area contributed by atoms with Crippen LogP contribution in [-0.2, 0) is 0 Å². The number of halogens is 2. The topological polar surface area (TPSA) is 38.8 Å². The molecule has 0 atom stereocenters. The maximum absolute atomic E-state index is 12.2. The maximum Gasteiger partial charge on any atom is 0.387 e. The Balaban J connectivity index is 2.94. The van der Waals surface area contributed by atoms with Crippen LogP contribution in [0.2, 0.25) is 0 Å². The molecule has 0 fully saturated rings. The smallest absolute Gasteiger partial charge is 0.387 e. The normalized spacial score (nSPS) is 10.8. The minimum Gasteiger partial charge on any atom is -0.493 e. The highest BCUT2D eigenvalue weighted by atomic mass is 19.3. The molecular formula is C14H19F2NO3. The minimum absolute atomic E-state index is 0.0921. The van der Waals surface area contributed by atoms with E-state index >= 15 is 0 Å². The second-order valence-corrected chi connectivity index (χ2v) is 4.82. The third kappa shape index (κ3) is 4.36. The third-order valence-corrected chi connectivity index (χ3v) is 2.61. The number of nitrogens with zero attached hydrogens (tertiary/aromatic N) is 1. The fourth-order valence-corrected chi connectivity index (χ4v) is 1.84. The van der Waals surface area contributed by atoms with Gasteiger partial charge < -0.3 is 14.4 Å². The van der Waals surface area contributed by atoms with Crippen LogP contribution >= 0.6 is 0 Å². The fraction of sp³-hybridized carbons (Fsp3) is 0.500. The lowest BCUT2D eigenvalue weighted by molar-refractivity contribution is -0.0512. The second-order valence-electron chi connectivity index (χ2n) is 4.82. The van der Waals surface area contributed by atoms with Crippen molar-refractivity contribution < 1.29 is 23.0 Å². The van der Waals surface area contributed by atoms with E-state index in [0.717, 1.165) is 0 Å². The molecule has 0 radical (unpaired) electrons. The van der Waals surface area contributed by atoms with Crippen LogP contribution in [0.15, 0.2) is 18.2 Å². The Morgan fingerprint density at radius 2 is 1.95 bits per heavy atom. The summed E-state index contributed by atoms with van der Waals surface area (Å²) in [7, 11) is 3.03. The number of benzene rings is 1. The molecule has 0 aliphatic heterocycles. The highest BCUT2D eigenvalue weighted by Gasteiger charge is 2.17. The highest BCUT2D eigenvalue weighted by Crippen LogP contribution is 2.29. The minimum atomic E-state index is -2.94. The van der Waals surface area contributed by atoms with Crippen molar-refractivity contribution in [3.05, 3.63) is 23.8 Å². The van der Waals surface area contributed by atoms with Gasteiger partial charge in [0.15, 0.2) is 11.5 Å². The predicted octanol–water partition coefficient (Wildman–Crippen LogP) is 3.02. The summed E-state index contributed by atoms with van der Waals surface area (Å²) in [5.41, 5.74) is 0.367. The average Bonchev–Trinajstić information content (AvgIpc) is 2.36. The lowest BCUT2D eigenvalue weighted by atomic mass is 10.1. The molecule has 0 bridgehead atoms. The largest absolute Gasteiger partial charge is 0.493 e. The molecule has 112 valence electrons. The van der Waals surface area contributed by atoms with E-state index < -0.39 is 6.61 Å². The number of ether oxygens (including phenoxy) is 2. The standard InChI is InChI=1S/C14H19F2NO3/c1-9(2)8-17(3)13(18)10-5-6-11(20-14(15)16)12(7-10)19-4/h5-7,9,14H,8H2,1-4H3. The molecule has 1 rings (SSSR count). The molecule has 0 saturated heterocycles. The molecule has 0 spiro atoms. The Labute approximate surface area is 117 Å². The summed E-state index contributed by atoms with van der Waals surface area (Å²) < 4.78 is 33.7. The summed E-state index contributed by atoms with van der Waals surface area (Å²) in [4.78, 5) is 13.7. The Bertz CT molecular complexity index is 464. The molecule has 1 aromatic rings. The van der Waals surface area contributed by atoms with Gasteiger partial charge in [-0.25, -0.2) is 0 Å². The monoisotopic (exact) mass is 287 g/mol. The average molecular weight is 287 g/mol. The van der Waals surface area contributed by atoms with Crippen LogP contribution in [0.3, 0.4) is 0 Å². The summed E-state index contributed by atoms with van der Waals surface area (Å²) in [6.07, 6.45) is 0. The third-order valence-electron chi connectivity index (χ3n) is 2.61. The van der Waals surface area contributed by atoms with E-state index in [1.165, 1.54) is 25.3 Å². The fourth-order valence-electron chi connectivity index (χ4n) is 1.84. The van der Waals surface area contributed by atoms with Gasteiger partial charge in [-0.05, 0) is 24.1 Å². The van der Waals surface area contributed by atoms with Crippen molar-refractivity contribution in [1.29, 1.82) is 0 Å². The molecule has 0 N–H and O–H groups in total. The van der Waals surface area contributed by atoms with E-state index in [2.05, 4.69) is 4.74 Å². The van der Waals surface area contributed by atoms with Crippen molar-refractivity contribution in [2.45, 2.75) is 20.5 Å². The number of alkyl halides is 2. The van der Waals surface area contributed by atoms with Gasteiger partial charge in [0.25, 0.3) is 5.91 Å². The van der Waals surface area contributed by atoms with Gasteiger partial charge in [0.2, 0.25) is 0 Å². The Morgan fingerprint density at radius 3 is 2.45 bits per heavy atom. The number of carbonyl (C=O) groups excluding carboxylic acids is 1. The molecule has 0 heterocycles. The van der Waals surface area contributed by atoms with Gasteiger partial charge in [-0.15, -0.1) is 0 Å². The lowest BCUT2D eigenvalue weighted by Crippen LogP contribution is -2.30. The Morgan fingerprint density at radius 1 is 1.30 bits per heavy atom. The van der Waals surface area contributed by atoms with Crippen LogP contribution < -0.4 is 9.47 Å². The highest BCUT2D eigenvalue weighted by molar-refractivity contribution is 5.94. The molecule has 0 saturated carbocycles. The van der Waals surface area contributed by atoms with E-state index in [0.29, 0.717) is 18.0 Å². The molecule has 0 aromatic heterocycles. The first-order chi connectivity index (χ1) is 9.35. The van der Waals surface area contributed by atoms with Crippen molar-refractivity contribution in [3.8, 4) is 11.5 Å². The molecule has 1 amide bonds. The van der Waals surface area contributed by atoms with E-state index in [1.807, 2.05) is 13.8 Å². The lowest BCUT2D eigenvalue weighted by Gasteiger charge is -2.20. The van der Waals surface area contributed by atoms with E-state index in [-0.39, 0.29) is 17.4 Å². The summed E-state index contributed by atoms with van der Waals surface area (Å²) in [6, 6.07) is 4.15. The predicted molar refractivity (Wildman–Crippen MR) is 71.4 cm³/mol. The van der Waals surface area contributed by atoms with Gasteiger partial charge in [-0.3, -0.25) is 4.79 Å². The number of carbonyl (C=O) groups is 1. The molecule has 1 aromatic carbocycles. The van der Waals surface area contributed by atoms with Gasteiger partial charge in [0, 0.05) is 19.2 Å². The number of hydrogen-bond acceptors (Lipinski definition) is 3. The maximum atomic E-state index is 12.2. The van der Waals surface area contributed by atoms with Crippen molar-refractivity contribution in [2.75, 3.05) is 20.7 Å². The molecule has 20 heavy (non-hydrogen) atoms. The quantitative estimate of drug-likeness (QED) is 0.807. The first kappa shape index (κ1) is 16.2. The van der Waals surface area contributed by atoms with Gasteiger partial charge in [0.1, 0.15) is 0 Å². The van der Waals surface area contributed by atoms with E-state index in [1.54, 1.807) is 11.9 Å². The molecular weight excluding hydrogens is 268 g/mol. The van der Waals surface area contributed by atoms with Crippen molar-refractivity contribution in [2.24, 2.45) is 5.92 Å².